The minimum atomic E-state index is -2.46. The van der Waals surface area contributed by atoms with Crippen LogP contribution in [0.15, 0.2) is 19.6 Å². The Bertz CT molecular complexity index is 4550. The van der Waals surface area contributed by atoms with E-state index in [0.29, 0.717) is 11.3 Å². The molecule has 0 bridgehead atoms. The van der Waals surface area contributed by atoms with Gasteiger partial charge in [-0.1, -0.05) is 98.3 Å². The van der Waals surface area contributed by atoms with Gasteiger partial charge in [-0.3, -0.25) is 0 Å². The van der Waals surface area contributed by atoms with Gasteiger partial charge in [0.05, 0.1) is 5.56 Å². The molecule has 0 fully saturated rings. The summed E-state index contributed by atoms with van der Waals surface area (Å²) in [5, 5.41) is 14.7. The molecule has 0 saturated carbocycles. The standard InChI is InChI=1S/C49H62B32N2O2S/c50-5-2(1-82)39(45-38-42(5)84-43-27(72)15(60)12(57)23(68)36(43)81(38)37-24(69)13(58)16(61)28(73)44(37)85-45)83-40-3(6(51)8(53)14(59)25(40)70)4-7(52)46(35(80)26(71)41(4)83)86(47-29(74)17(62)9(54)18(63)30(47)75,48-31(76)19(64)10(55)20(65)32(48)77)49-33(78)21(66)11(56)22(67)34(49)79/h50-80H2. The molecule has 0 aliphatic carbocycles. The van der Waals surface area contributed by atoms with Crippen LogP contribution in [0.5, 0.6) is 23.0 Å². The SMILES string of the molecule is Bc1c(B)c(B)c(S(c2c(B)c(B)c(B)c(B)c2B)(c2c(B)c(B)c(B)c(B)c2B)c2c(B)c(B)c3c(c2B)c2c(B)c(B)c(B)c(B)c2n3-c2c(C#N)c(B)c3c4c2Oc2c(B)c(B)c(B)c(B)c2B4c2c(B)c(B)c(B)c(B)c2O3)c(B)c1B. The van der Waals surface area contributed by atoms with Crippen molar-refractivity contribution in [2.24, 2.45) is 0 Å². The fraction of sp³-hybridized carbons (Fsp3) is 0. The minimum absolute atomic E-state index is 0.206. The van der Waals surface area contributed by atoms with Gasteiger partial charge >= 0.3 is 0 Å². The van der Waals surface area contributed by atoms with Gasteiger partial charge in [-0.05, 0) is 41.4 Å². The quantitative estimate of drug-likeness (QED) is 0.161. The van der Waals surface area contributed by atoms with Gasteiger partial charge in [-0.25, -0.2) is 0 Å². The summed E-state index contributed by atoms with van der Waals surface area (Å²) in [6.07, 6.45) is 0. The lowest BCUT2D eigenvalue weighted by molar-refractivity contribution is 0.470. The van der Waals surface area contributed by atoms with Crippen molar-refractivity contribution >= 4 is 468 Å². The van der Waals surface area contributed by atoms with Crippen molar-refractivity contribution in [3.63, 3.8) is 0 Å². The van der Waals surface area contributed by atoms with Crippen LogP contribution in [-0.2, 0) is 0 Å². The zero-order chi connectivity index (χ0) is 63.5. The third-order valence-electron chi connectivity index (χ3n) is 24.2. The third kappa shape index (κ3) is 7.77. The van der Waals surface area contributed by atoms with E-state index in [9.17, 15) is 5.26 Å². The van der Waals surface area contributed by atoms with Crippen LogP contribution >= 0.6 is 10.0 Å². The minimum Gasteiger partial charge on any atom is -0.459 e. The highest BCUT2D eigenvalue weighted by Gasteiger charge is 2.48. The largest absolute Gasteiger partial charge is 0.459 e. The highest BCUT2D eigenvalue weighted by Crippen LogP contribution is 2.69. The Morgan fingerprint density at radius 2 is 0.523 bits per heavy atom. The summed E-state index contributed by atoms with van der Waals surface area (Å²) in [4.78, 5) is 5.85. The van der Waals surface area contributed by atoms with Crippen LogP contribution in [0.3, 0.4) is 0 Å². The van der Waals surface area contributed by atoms with Gasteiger partial charge in [0.1, 0.15) is 272 Å². The predicted molar refractivity (Wildman–Crippen MR) is 477 cm³/mol. The van der Waals surface area contributed by atoms with Crippen LogP contribution in [0.2, 0.25) is 0 Å². The van der Waals surface area contributed by atoms with E-state index in [2.05, 4.69) is 254 Å². The van der Waals surface area contributed by atoms with E-state index in [-0.39, 0.29) is 6.71 Å². The highest BCUT2D eigenvalue weighted by atomic mass is 32.3. The number of rotatable bonds is 5. The van der Waals surface area contributed by atoms with E-state index in [0.717, 1.165) is 55.8 Å². The molecule has 0 spiro atoms. The summed E-state index contributed by atoms with van der Waals surface area (Å²) in [6, 6.07) is 2.90. The van der Waals surface area contributed by atoms with Gasteiger partial charge < -0.3 is 14.0 Å². The Kier molecular flexibility index (Phi) is 15.4. The Labute approximate surface area is 542 Å². The Hall–Kier alpha value is -4.92. The number of aromatic nitrogens is 1. The van der Waals surface area contributed by atoms with E-state index in [1.54, 1.807) is 0 Å². The van der Waals surface area contributed by atoms with Crippen molar-refractivity contribution in [1.29, 1.82) is 5.26 Å². The molecule has 2 aliphatic rings. The molecule has 0 atom stereocenters. The molecule has 0 unspecified atom stereocenters. The highest BCUT2D eigenvalue weighted by molar-refractivity contribution is 8.35. The van der Waals surface area contributed by atoms with Crippen molar-refractivity contribution < 1.29 is 9.47 Å². The molecule has 8 aromatic carbocycles. The topological polar surface area (TPSA) is 47.2 Å². The fourth-order valence-corrected chi connectivity index (χ4v) is 22.7. The van der Waals surface area contributed by atoms with Crippen molar-refractivity contribution in [3.05, 3.63) is 5.56 Å². The van der Waals surface area contributed by atoms with Crippen LogP contribution in [0, 0.1) is 11.3 Å². The van der Waals surface area contributed by atoms with Crippen LogP contribution < -0.4 is 195 Å². The van der Waals surface area contributed by atoms with Gasteiger partial charge in [0.2, 0.25) is 0 Å². The maximum absolute atomic E-state index is 12.2. The van der Waals surface area contributed by atoms with E-state index in [1.807, 2.05) is 0 Å². The molecule has 86 heavy (non-hydrogen) atoms. The van der Waals surface area contributed by atoms with Gasteiger partial charge in [0, 0.05) is 21.9 Å². The van der Waals surface area contributed by atoms with Crippen molar-refractivity contribution in [3.8, 4) is 34.8 Å². The molecule has 1 aromatic heterocycles. The normalized spacial score (nSPS) is 12.6. The number of fused-ring (bicyclic) bond motifs is 7. The molecule has 0 radical (unpaired) electrons. The predicted octanol–water partition coefficient (Wildman–Crippen LogP) is -43.3. The first kappa shape index (κ1) is 62.7. The number of nitrogens with zero attached hydrogens (tertiary/aromatic N) is 2. The summed E-state index contributed by atoms with van der Waals surface area (Å²) in [6.45, 7) is -0.206. The van der Waals surface area contributed by atoms with E-state index >= 15 is 0 Å². The second kappa shape index (κ2) is 21.1. The Morgan fingerprint density at radius 3 is 0.895 bits per heavy atom. The zero-order valence-electron chi connectivity index (χ0n) is 58.2. The molecule has 0 N–H and O–H groups in total. The van der Waals surface area contributed by atoms with Crippen LogP contribution in [0.1, 0.15) is 5.56 Å². The first-order valence-corrected chi connectivity index (χ1v) is 33.0. The van der Waals surface area contributed by atoms with E-state index in [1.165, 1.54) is 194 Å². The van der Waals surface area contributed by atoms with E-state index < -0.39 is 10.0 Å². The summed E-state index contributed by atoms with van der Waals surface area (Å²) >= 11 is 0. The lowest BCUT2D eigenvalue weighted by atomic mass is 9.30. The molecule has 11 rings (SSSR count). The van der Waals surface area contributed by atoms with Crippen molar-refractivity contribution in [1.82, 2.24) is 4.57 Å². The zero-order valence-corrected chi connectivity index (χ0v) is 59.0. The maximum Gasteiger partial charge on any atom is 0.259 e. The Balaban J connectivity index is 1.47. The average molecular weight is 1090 g/mol. The van der Waals surface area contributed by atoms with E-state index in [4.69, 9.17) is 9.47 Å². The second-order valence-corrected chi connectivity index (χ2v) is 30.0. The molecule has 9 aromatic rings. The van der Waals surface area contributed by atoms with Gasteiger partial charge in [0.15, 0.2) is 5.75 Å². The Morgan fingerprint density at radius 1 is 0.267 bits per heavy atom. The first-order chi connectivity index (χ1) is 40.1. The van der Waals surface area contributed by atoms with Gasteiger partial charge in [-0.2, -0.15) is 5.26 Å². The van der Waals surface area contributed by atoms with Crippen LogP contribution in [0.4, 0.5) is 0 Å². The molecule has 2 aliphatic heterocycles. The number of benzene rings is 8. The lowest BCUT2D eigenvalue weighted by Crippen LogP contribution is -2.72. The number of hydrogen-bond donors (Lipinski definition) is 0. The summed E-state index contributed by atoms with van der Waals surface area (Å²) in [5.41, 5.74) is 47.1. The average Bonchev–Trinajstić information content (AvgIpc) is 1.10. The smallest absolute Gasteiger partial charge is 0.259 e. The molecular weight excluding hydrogens is 1030 g/mol. The molecule has 0 amide bonds. The molecule has 382 valence electrons. The summed E-state index contributed by atoms with van der Waals surface area (Å²) < 4.78 is 17.8. The molecule has 4 nitrogen and oxygen atoms in total. The number of nitriles is 1. The van der Waals surface area contributed by atoms with Gasteiger partial charge in [-0.15, -0.1) is 75.6 Å². The maximum atomic E-state index is 12.2. The molecular formula is C49H62B32N2O2S. The number of ether oxygens (including phenoxy) is 2. The molecule has 3 heterocycles. The second-order valence-electron chi connectivity index (χ2n) is 27.1. The summed E-state index contributed by atoms with van der Waals surface area (Å²) in [5.74, 6) is 3.25. The monoisotopic (exact) mass is 1090 g/mol. The fourth-order valence-electron chi connectivity index (χ4n) is 16.6. The van der Waals surface area contributed by atoms with Crippen LogP contribution in [0.25, 0.3) is 27.5 Å². The first-order valence-electron chi connectivity index (χ1n) is 31.4. The molecule has 37 heteroatoms. The van der Waals surface area contributed by atoms with Crippen molar-refractivity contribution in [2.75, 3.05) is 0 Å². The van der Waals surface area contributed by atoms with Gasteiger partial charge in [0.25, 0.3) is 6.71 Å². The lowest BCUT2D eigenvalue weighted by Gasteiger charge is -2.52. The third-order valence-corrected chi connectivity index (χ3v) is 29.1. The van der Waals surface area contributed by atoms with Crippen molar-refractivity contribution in [2.45, 2.75) is 19.6 Å². The number of hydrogen-bond acceptors (Lipinski definition) is 3. The van der Waals surface area contributed by atoms with Crippen LogP contribution in [-0.4, -0.2) is 255 Å². The summed E-state index contributed by atoms with van der Waals surface area (Å²) in [7, 11) is 70.3. The molecule has 0 saturated heterocycles.